The van der Waals surface area contributed by atoms with Crippen molar-refractivity contribution in [3.63, 3.8) is 0 Å². The first kappa shape index (κ1) is 35.9. The van der Waals surface area contributed by atoms with Crippen LogP contribution in [0.3, 0.4) is 0 Å². The van der Waals surface area contributed by atoms with Gasteiger partial charge in [0.05, 0.1) is 11.8 Å². The zero-order chi connectivity index (χ0) is 31.1. The number of esters is 3. The van der Waals surface area contributed by atoms with Crippen LogP contribution in [0.25, 0.3) is 0 Å². The number of carbonyl (C=O) groups excluding carboxylic acids is 4. The summed E-state index contributed by atoms with van der Waals surface area (Å²) in [6, 6.07) is 3.66. The Morgan fingerprint density at radius 2 is 1.20 bits per heavy atom. The van der Waals surface area contributed by atoms with E-state index in [1.54, 1.807) is 46.8 Å². The Balaban J connectivity index is 2.94. The molecule has 0 fully saturated rings. The summed E-state index contributed by atoms with van der Waals surface area (Å²) < 4.78 is 27.0. The zero-order valence-electron chi connectivity index (χ0n) is 25.9. The topological polar surface area (TPSA) is 140 Å². The third-order valence-electron chi connectivity index (χ3n) is 6.67. The number of hydrogen-bond acceptors (Lipinski definition) is 10. The van der Waals surface area contributed by atoms with Gasteiger partial charge in [-0.3, -0.25) is 14.4 Å². The van der Waals surface area contributed by atoms with Crippen molar-refractivity contribution in [1.82, 2.24) is 0 Å². The molecular weight excluding hydrogens is 530 g/mol. The summed E-state index contributed by atoms with van der Waals surface area (Å²) in [5.74, 6) is -2.03. The molecule has 232 valence electrons. The molecule has 0 saturated heterocycles. The summed E-state index contributed by atoms with van der Waals surface area (Å²) in [6.45, 7) is 14.5. The lowest BCUT2D eigenvalue weighted by Gasteiger charge is -2.23. The minimum Gasteiger partial charge on any atom is -0.458 e. The quantitative estimate of drug-likeness (QED) is 0.175. The molecule has 1 aromatic carbocycles. The summed E-state index contributed by atoms with van der Waals surface area (Å²) in [6.07, 6.45) is 1.95. The maximum atomic E-state index is 12.7. The van der Waals surface area contributed by atoms with Gasteiger partial charge in [-0.15, -0.1) is 0 Å². The van der Waals surface area contributed by atoms with Crippen LogP contribution in [-0.2, 0) is 35.0 Å². The Morgan fingerprint density at radius 1 is 0.683 bits per heavy atom. The van der Waals surface area contributed by atoms with E-state index in [-0.39, 0.29) is 35.9 Å². The van der Waals surface area contributed by atoms with Crippen LogP contribution >= 0.6 is 0 Å². The predicted octanol–water partition coefficient (Wildman–Crippen LogP) is 5.90. The summed E-state index contributed by atoms with van der Waals surface area (Å²) in [5, 5.41) is 0. The van der Waals surface area contributed by atoms with E-state index in [2.05, 4.69) is 0 Å². The van der Waals surface area contributed by atoms with Crippen LogP contribution in [0.1, 0.15) is 99.5 Å². The minimum atomic E-state index is -1.05. The number of rotatable bonds is 17. The molecule has 0 heterocycles. The molecule has 0 aliphatic heterocycles. The van der Waals surface area contributed by atoms with E-state index in [0.717, 1.165) is 19.3 Å². The van der Waals surface area contributed by atoms with Gasteiger partial charge < -0.3 is 29.4 Å². The number of benzene rings is 1. The first-order valence-corrected chi connectivity index (χ1v) is 14.7. The highest BCUT2D eigenvalue weighted by atomic mass is 16.7. The molecule has 1 rings (SSSR count). The lowest BCUT2D eigenvalue weighted by molar-refractivity contribution is -0.155. The van der Waals surface area contributed by atoms with E-state index in [4.69, 9.17) is 29.4 Å². The standard InChI is InChI=1S/C31H49NO9/c1-9-12-19(4)28(33)40-26-16-15-24(18-27(26)41-29(34)20(5)13-10-2)17-25(32)30(35)38-22(7)23(8)39-31(36)37-21(6)14-11-3/h15-16,18-23,25H,9-14,17,32H2,1-8H3/t19?,20?,21?,22-,23-,25-/m0/s1. The van der Waals surface area contributed by atoms with Crippen molar-refractivity contribution < 1.29 is 42.9 Å². The summed E-state index contributed by atoms with van der Waals surface area (Å²) in [5.41, 5.74) is 6.71. The first-order chi connectivity index (χ1) is 19.3. The summed E-state index contributed by atoms with van der Waals surface area (Å²) in [7, 11) is 0. The average Bonchev–Trinajstić information content (AvgIpc) is 2.90. The zero-order valence-corrected chi connectivity index (χ0v) is 25.9. The SMILES string of the molecule is CCCC(C)OC(=O)O[C@@H](C)[C@H](C)OC(=O)[C@@H](N)Cc1ccc(OC(=O)C(C)CCC)c(OC(=O)C(C)CCC)c1. The third-order valence-corrected chi connectivity index (χ3v) is 6.67. The van der Waals surface area contributed by atoms with Gasteiger partial charge in [-0.25, -0.2) is 4.79 Å². The fraction of sp³-hybridized carbons (Fsp3) is 0.677. The lowest BCUT2D eigenvalue weighted by Crippen LogP contribution is -2.39. The molecule has 41 heavy (non-hydrogen) atoms. The van der Waals surface area contributed by atoms with Crippen molar-refractivity contribution in [2.45, 2.75) is 125 Å². The average molecular weight is 580 g/mol. The van der Waals surface area contributed by atoms with E-state index >= 15 is 0 Å². The Bertz CT molecular complexity index is 996. The molecule has 2 N–H and O–H groups in total. The van der Waals surface area contributed by atoms with E-state index in [1.165, 1.54) is 6.07 Å². The molecule has 6 atom stereocenters. The number of hydrogen-bond donors (Lipinski definition) is 1. The molecule has 0 amide bonds. The van der Waals surface area contributed by atoms with Gasteiger partial charge in [0.15, 0.2) is 11.5 Å². The minimum absolute atomic E-state index is 0.0624. The summed E-state index contributed by atoms with van der Waals surface area (Å²) >= 11 is 0. The second kappa shape index (κ2) is 18.3. The molecule has 0 aromatic heterocycles. The maximum absolute atomic E-state index is 12.7. The molecule has 3 unspecified atom stereocenters. The van der Waals surface area contributed by atoms with Gasteiger partial charge in [-0.1, -0.05) is 59.9 Å². The van der Waals surface area contributed by atoms with Gasteiger partial charge in [0, 0.05) is 0 Å². The molecular formula is C31H49NO9. The molecule has 0 spiro atoms. The van der Waals surface area contributed by atoms with E-state index < -0.39 is 42.3 Å². The van der Waals surface area contributed by atoms with Crippen LogP contribution in [0.5, 0.6) is 11.5 Å². The molecule has 0 aliphatic carbocycles. The number of ether oxygens (including phenoxy) is 5. The van der Waals surface area contributed by atoms with E-state index in [0.29, 0.717) is 24.8 Å². The van der Waals surface area contributed by atoms with Crippen molar-refractivity contribution in [2.75, 3.05) is 0 Å². The molecule has 10 nitrogen and oxygen atoms in total. The smallest absolute Gasteiger partial charge is 0.458 e. The Hall–Kier alpha value is -3.14. The monoisotopic (exact) mass is 579 g/mol. The van der Waals surface area contributed by atoms with Crippen molar-refractivity contribution >= 4 is 24.1 Å². The van der Waals surface area contributed by atoms with E-state index in [1.807, 2.05) is 20.8 Å². The largest absolute Gasteiger partial charge is 0.508 e. The molecule has 0 radical (unpaired) electrons. The Kier molecular flexibility index (Phi) is 16.0. The Morgan fingerprint density at radius 3 is 1.73 bits per heavy atom. The molecule has 0 bridgehead atoms. The van der Waals surface area contributed by atoms with Gasteiger partial charge in [-0.2, -0.15) is 0 Å². The first-order valence-electron chi connectivity index (χ1n) is 14.7. The van der Waals surface area contributed by atoms with E-state index in [9.17, 15) is 19.2 Å². The van der Waals surface area contributed by atoms with Crippen LogP contribution in [0.2, 0.25) is 0 Å². The molecule has 0 saturated carbocycles. The highest BCUT2D eigenvalue weighted by molar-refractivity contribution is 5.79. The van der Waals surface area contributed by atoms with Gasteiger partial charge in [0.2, 0.25) is 0 Å². The normalized spacial score (nSPS) is 15.4. The van der Waals surface area contributed by atoms with Gasteiger partial charge in [-0.05, 0) is 64.2 Å². The van der Waals surface area contributed by atoms with Crippen molar-refractivity contribution in [3.05, 3.63) is 23.8 Å². The third kappa shape index (κ3) is 12.9. The van der Waals surface area contributed by atoms with Crippen molar-refractivity contribution in [2.24, 2.45) is 17.6 Å². The van der Waals surface area contributed by atoms with Crippen LogP contribution in [0.15, 0.2) is 18.2 Å². The van der Waals surface area contributed by atoms with Crippen molar-refractivity contribution in [1.29, 1.82) is 0 Å². The fourth-order valence-electron chi connectivity index (χ4n) is 3.97. The molecule has 1 aromatic rings. The van der Waals surface area contributed by atoms with Crippen LogP contribution in [-0.4, -0.2) is 48.4 Å². The van der Waals surface area contributed by atoms with Gasteiger partial charge >= 0.3 is 24.1 Å². The second-order valence-electron chi connectivity index (χ2n) is 10.7. The molecule has 10 heteroatoms. The predicted molar refractivity (Wildman–Crippen MR) is 154 cm³/mol. The number of nitrogens with two attached hydrogens (primary N) is 1. The highest BCUT2D eigenvalue weighted by Gasteiger charge is 2.26. The highest BCUT2D eigenvalue weighted by Crippen LogP contribution is 2.31. The maximum Gasteiger partial charge on any atom is 0.508 e. The lowest BCUT2D eigenvalue weighted by atomic mass is 10.0. The second-order valence-corrected chi connectivity index (χ2v) is 10.7. The van der Waals surface area contributed by atoms with Crippen LogP contribution in [0.4, 0.5) is 4.79 Å². The molecule has 0 aliphatic rings. The number of carbonyl (C=O) groups is 4. The van der Waals surface area contributed by atoms with Crippen LogP contribution in [0, 0.1) is 11.8 Å². The van der Waals surface area contributed by atoms with Gasteiger partial charge in [0.25, 0.3) is 0 Å². The Labute approximate surface area is 244 Å². The van der Waals surface area contributed by atoms with Crippen LogP contribution < -0.4 is 15.2 Å². The van der Waals surface area contributed by atoms with Crippen molar-refractivity contribution in [3.8, 4) is 11.5 Å². The fourth-order valence-corrected chi connectivity index (χ4v) is 3.97. The van der Waals surface area contributed by atoms with Gasteiger partial charge in [0.1, 0.15) is 24.4 Å². The summed E-state index contributed by atoms with van der Waals surface area (Å²) in [4.78, 5) is 49.9.